The molecule has 0 bridgehead atoms. The first-order chi connectivity index (χ1) is 9.46. The third-order valence-electron chi connectivity index (χ3n) is 2.98. The summed E-state index contributed by atoms with van der Waals surface area (Å²) in [6.45, 7) is 0.0743. The van der Waals surface area contributed by atoms with Crippen LogP contribution in [0.5, 0.6) is 11.5 Å². The van der Waals surface area contributed by atoms with Crippen LogP contribution in [0.2, 0.25) is 0 Å². The van der Waals surface area contributed by atoms with Crippen molar-refractivity contribution in [3.05, 3.63) is 18.2 Å². The molecule has 20 heavy (non-hydrogen) atoms. The molecule has 1 aromatic rings. The van der Waals surface area contributed by atoms with E-state index in [0.717, 1.165) is 0 Å². The van der Waals surface area contributed by atoms with Crippen molar-refractivity contribution in [3.63, 3.8) is 0 Å². The summed E-state index contributed by atoms with van der Waals surface area (Å²) in [4.78, 5) is 10.9. The summed E-state index contributed by atoms with van der Waals surface area (Å²) in [6, 6.07) is 5.08. The van der Waals surface area contributed by atoms with Crippen molar-refractivity contribution in [1.29, 1.82) is 0 Å². The third-order valence-corrected chi connectivity index (χ3v) is 2.98. The molecule has 1 aliphatic rings. The van der Waals surface area contributed by atoms with Crippen molar-refractivity contribution in [1.82, 2.24) is 0 Å². The summed E-state index contributed by atoms with van der Waals surface area (Å²) in [6.07, 6.45) is -1.49. The van der Waals surface area contributed by atoms with E-state index >= 15 is 0 Å². The normalized spacial score (nSPS) is 20.4. The predicted octanol–water partition coefficient (Wildman–Crippen LogP) is 2.07. The van der Waals surface area contributed by atoms with Gasteiger partial charge in [0, 0.05) is 6.07 Å². The Labute approximate surface area is 114 Å². The highest BCUT2D eigenvalue weighted by Crippen LogP contribution is 2.32. The summed E-state index contributed by atoms with van der Waals surface area (Å²) in [5.74, 6) is -3.73. The van der Waals surface area contributed by atoms with Gasteiger partial charge >= 0.3 is 11.9 Å². The number of benzene rings is 1. The number of ether oxygens (including phenoxy) is 3. The third kappa shape index (κ3) is 2.92. The van der Waals surface area contributed by atoms with Crippen LogP contribution in [0.4, 0.5) is 14.5 Å². The molecule has 1 saturated heterocycles. The van der Waals surface area contributed by atoms with Crippen LogP contribution in [-0.4, -0.2) is 38.8 Å². The maximum atomic E-state index is 13.0. The number of carbonyl (C=O) groups excluding carboxylic acids is 1. The molecule has 0 aliphatic carbocycles. The summed E-state index contributed by atoms with van der Waals surface area (Å²) in [7, 11) is 3.02. The molecule has 1 unspecified atom stereocenters. The highest BCUT2D eigenvalue weighted by Gasteiger charge is 2.50. The molecule has 0 aromatic heterocycles. The molecule has 1 N–H and O–H groups in total. The average molecular weight is 287 g/mol. The Balaban J connectivity index is 2.02. The van der Waals surface area contributed by atoms with Gasteiger partial charge in [-0.2, -0.15) is 8.78 Å². The molecule has 0 spiro atoms. The lowest BCUT2D eigenvalue weighted by Gasteiger charge is -2.15. The Morgan fingerprint density at radius 3 is 2.70 bits per heavy atom. The molecule has 0 saturated carbocycles. The number of hydrogen-bond donors (Lipinski definition) is 1. The van der Waals surface area contributed by atoms with E-state index in [1.165, 1.54) is 14.2 Å². The Bertz CT molecular complexity index is 507. The van der Waals surface area contributed by atoms with Crippen LogP contribution in [0.1, 0.15) is 6.42 Å². The minimum absolute atomic E-state index is 0.0743. The van der Waals surface area contributed by atoms with Crippen molar-refractivity contribution < 1.29 is 27.8 Å². The number of hydrogen-bond acceptors (Lipinski definition) is 5. The number of rotatable bonds is 5. The van der Waals surface area contributed by atoms with E-state index in [1.54, 1.807) is 18.2 Å². The highest BCUT2D eigenvalue weighted by atomic mass is 19.3. The van der Waals surface area contributed by atoms with Gasteiger partial charge in [0.15, 0.2) is 0 Å². The molecule has 5 nitrogen and oxygen atoms in total. The zero-order chi connectivity index (χ0) is 14.8. The number of methoxy groups -OCH3 is 2. The van der Waals surface area contributed by atoms with Crippen LogP contribution in [0, 0.1) is 0 Å². The van der Waals surface area contributed by atoms with Crippen LogP contribution < -0.4 is 14.8 Å². The number of nitrogens with one attached hydrogen (secondary N) is 1. The van der Waals surface area contributed by atoms with Crippen LogP contribution in [0.15, 0.2) is 18.2 Å². The van der Waals surface area contributed by atoms with Gasteiger partial charge in [-0.1, -0.05) is 0 Å². The second kappa shape index (κ2) is 5.52. The number of esters is 1. The topological polar surface area (TPSA) is 56.8 Å². The zero-order valence-corrected chi connectivity index (χ0v) is 11.1. The zero-order valence-electron chi connectivity index (χ0n) is 11.1. The standard InChI is InChI=1S/C13H15F2NO4/c1-18-8-3-4-11(19-2)10(5-8)16-7-9-6-13(14,15)12(17)20-9/h3-5,9,16H,6-7H2,1-2H3. The van der Waals surface area contributed by atoms with Crippen molar-refractivity contribution in [2.45, 2.75) is 18.4 Å². The maximum absolute atomic E-state index is 13.0. The molecule has 110 valence electrons. The van der Waals surface area contributed by atoms with E-state index in [9.17, 15) is 13.6 Å². The number of carbonyl (C=O) groups is 1. The predicted molar refractivity (Wildman–Crippen MR) is 67.5 cm³/mol. The molecule has 0 radical (unpaired) electrons. The molecule has 2 rings (SSSR count). The minimum atomic E-state index is -3.40. The van der Waals surface area contributed by atoms with Crippen molar-refractivity contribution >= 4 is 11.7 Å². The smallest absolute Gasteiger partial charge is 0.377 e. The molecule has 1 heterocycles. The largest absolute Gasteiger partial charge is 0.497 e. The maximum Gasteiger partial charge on any atom is 0.377 e. The van der Waals surface area contributed by atoms with E-state index in [-0.39, 0.29) is 6.54 Å². The fourth-order valence-corrected chi connectivity index (χ4v) is 1.94. The first-order valence-electron chi connectivity index (χ1n) is 6.01. The van der Waals surface area contributed by atoms with Gasteiger partial charge in [-0.15, -0.1) is 0 Å². The van der Waals surface area contributed by atoms with Crippen LogP contribution in [-0.2, 0) is 9.53 Å². The van der Waals surface area contributed by atoms with E-state index in [0.29, 0.717) is 17.2 Å². The molecule has 7 heteroatoms. The Kier molecular flexibility index (Phi) is 3.96. The second-order valence-corrected chi connectivity index (χ2v) is 4.38. The quantitative estimate of drug-likeness (QED) is 0.840. The lowest BCUT2D eigenvalue weighted by molar-refractivity contribution is -0.158. The number of halogens is 2. The van der Waals surface area contributed by atoms with Crippen LogP contribution >= 0.6 is 0 Å². The van der Waals surface area contributed by atoms with Gasteiger partial charge in [0.2, 0.25) is 0 Å². The molecular weight excluding hydrogens is 272 g/mol. The first-order valence-corrected chi connectivity index (χ1v) is 6.01. The molecule has 1 fully saturated rings. The van der Waals surface area contributed by atoms with E-state index in [2.05, 4.69) is 10.1 Å². The number of alkyl halides is 2. The van der Waals surface area contributed by atoms with Crippen molar-refractivity contribution in [2.24, 2.45) is 0 Å². The lowest BCUT2D eigenvalue weighted by Crippen LogP contribution is -2.22. The van der Waals surface area contributed by atoms with Gasteiger partial charge in [0.1, 0.15) is 17.6 Å². The van der Waals surface area contributed by atoms with Gasteiger partial charge < -0.3 is 19.5 Å². The monoisotopic (exact) mass is 287 g/mol. The SMILES string of the molecule is COc1ccc(OC)c(NCC2CC(F)(F)C(=O)O2)c1. The fourth-order valence-electron chi connectivity index (χ4n) is 1.94. The molecule has 1 atom stereocenters. The van der Waals surface area contributed by atoms with Gasteiger partial charge in [0.05, 0.1) is 32.9 Å². The lowest BCUT2D eigenvalue weighted by atomic mass is 10.2. The van der Waals surface area contributed by atoms with E-state index in [4.69, 9.17) is 9.47 Å². The number of cyclic esters (lactones) is 1. The average Bonchev–Trinajstić information content (AvgIpc) is 2.69. The first kappa shape index (κ1) is 14.4. The van der Waals surface area contributed by atoms with Gasteiger partial charge in [-0.05, 0) is 12.1 Å². The Morgan fingerprint density at radius 2 is 2.15 bits per heavy atom. The Hall–Kier alpha value is -2.05. The molecule has 1 aromatic carbocycles. The second-order valence-electron chi connectivity index (χ2n) is 4.38. The van der Waals surface area contributed by atoms with Crippen LogP contribution in [0.3, 0.4) is 0 Å². The van der Waals surface area contributed by atoms with E-state index < -0.39 is 24.4 Å². The summed E-state index contributed by atoms with van der Waals surface area (Å²) in [5, 5.41) is 2.92. The van der Waals surface area contributed by atoms with Crippen LogP contribution in [0.25, 0.3) is 0 Å². The summed E-state index contributed by atoms with van der Waals surface area (Å²) < 4.78 is 40.9. The summed E-state index contributed by atoms with van der Waals surface area (Å²) >= 11 is 0. The van der Waals surface area contributed by atoms with Crippen molar-refractivity contribution in [2.75, 3.05) is 26.1 Å². The Morgan fingerprint density at radius 1 is 1.40 bits per heavy atom. The highest BCUT2D eigenvalue weighted by molar-refractivity contribution is 5.79. The van der Waals surface area contributed by atoms with Crippen molar-refractivity contribution in [3.8, 4) is 11.5 Å². The molecule has 0 amide bonds. The number of anilines is 1. The fraction of sp³-hybridized carbons (Fsp3) is 0.462. The minimum Gasteiger partial charge on any atom is -0.497 e. The molecule has 1 aliphatic heterocycles. The van der Waals surface area contributed by atoms with Gasteiger partial charge in [-0.25, -0.2) is 4.79 Å². The molecular formula is C13H15F2NO4. The van der Waals surface area contributed by atoms with E-state index in [1.807, 2.05) is 0 Å². The van der Waals surface area contributed by atoms with Gasteiger partial charge in [-0.3, -0.25) is 0 Å². The summed E-state index contributed by atoms with van der Waals surface area (Å²) in [5.41, 5.74) is 0.582. The van der Waals surface area contributed by atoms with Gasteiger partial charge in [0.25, 0.3) is 0 Å².